The molecule has 2 aliphatic rings. The van der Waals surface area contributed by atoms with Crippen LogP contribution in [-0.2, 0) is 9.53 Å². The molecule has 0 radical (unpaired) electrons. The summed E-state index contributed by atoms with van der Waals surface area (Å²) in [7, 11) is 1.76. The number of benzene rings is 2. The van der Waals surface area contributed by atoms with Crippen molar-refractivity contribution in [3.8, 4) is 5.75 Å². The predicted octanol–water partition coefficient (Wildman–Crippen LogP) is 3.63. The van der Waals surface area contributed by atoms with Crippen LogP contribution < -0.4 is 20.7 Å². The zero-order valence-corrected chi connectivity index (χ0v) is 20.2. The summed E-state index contributed by atoms with van der Waals surface area (Å²) in [4.78, 5) is 39.6. The van der Waals surface area contributed by atoms with Gasteiger partial charge in [-0.05, 0) is 57.0 Å². The average Bonchev–Trinajstić information content (AvgIpc) is 2.82. The fraction of sp³-hybridized carbons (Fsp3) is 0.423. The van der Waals surface area contributed by atoms with Crippen molar-refractivity contribution in [3.63, 3.8) is 0 Å². The van der Waals surface area contributed by atoms with Crippen LogP contribution in [0.2, 0.25) is 0 Å². The van der Waals surface area contributed by atoms with Crippen molar-refractivity contribution >= 4 is 29.2 Å². The lowest BCUT2D eigenvalue weighted by molar-refractivity contribution is -0.130. The van der Waals surface area contributed by atoms with E-state index >= 15 is 0 Å². The second kappa shape index (κ2) is 10.8. The lowest BCUT2D eigenvalue weighted by Crippen LogP contribution is -2.53. The first kappa shape index (κ1) is 24.5. The van der Waals surface area contributed by atoms with Crippen LogP contribution in [0.15, 0.2) is 48.5 Å². The van der Waals surface area contributed by atoms with E-state index < -0.39 is 0 Å². The summed E-state index contributed by atoms with van der Waals surface area (Å²) in [5.74, 6) is 0.122. The van der Waals surface area contributed by atoms with Crippen molar-refractivity contribution < 1.29 is 23.9 Å². The Labute approximate surface area is 205 Å². The van der Waals surface area contributed by atoms with Crippen LogP contribution in [-0.4, -0.2) is 60.7 Å². The van der Waals surface area contributed by atoms with Gasteiger partial charge in [-0.3, -0.25) is 9.59 Å². The van der Waals surface area contributed by atoms with Gasteiger partial charge in [0.1, 0.15) is 18.5 Å². The summed E-state index contributed by atoms with van der Waals surface area (Å²) in [5.41, 5.74) is 1.64. The summed E-state index contributed by atoms with van der Waals surface area (Å²) in [6, 6.07) is 13.8. The van der Waals surface area contributed by atoms with Gasteiger partial charge in [0.25, 0.3) is 5.91 Å². The highest BCUT2D eigenvalue weighted by Crippen LogP contribution is 2.32. The SMILES string of the molecule is CC(C)NC(=O)Nc1ccc2c(c1)C(=O)N(C)[C@@H]1CC[C@@H](CC(=O)Nc3ccccc3)O[C@H]1CO2. The first-order valence-electron chi connectivity index (χ1n) is 11.9. The molecule has 3 N–H and O–H groups in total. The summed E-state index contributed by atoms with van der Waals surface area (Å²) in [6.45, 7) is 4.00. The first-order valence-corrected chi connectivity index (χ1v) is 11.9. The predicted molar refractivity (Wildman–Crippen MR) is 133 cm³/mol. The molecule has 0 spiro atoms. The number of nitrogens with zero attached hydrogens (tertiary/aromatic N) is 1. The van der Waals surface area contributed by atoms with Gasteiger partial charge in [0.2, 0.25) is 5.91 Å². The number of nitrogens with one attached hydrogen (secondary N) is 3. The number of anilines is 2. The van der Waals surface area contributed by atoms with Gasteiger partial charge in [0, 0.05) is 24.5 Å². The Hall–Kier alpha value is -3.59. The van der Waals surface area contributed by atoms with E-state index in [-0.39, 0.29) is 55.2 Å². The van der Waals surface area contributed by atoms with Gasteiger partial charge in [0.15, 0.2) is 0 Å². The molecule has 4 rings (SSSR count). The van der Waals surface area contributed by atoms with Gasteiger partial charge in [-0.2, -0.15) is 0 Å². The average molecular weight is 481 g/mol. The third kappa shape index (κ3) is 6.10. The molecule has 2 heterocycles. The second-order valence-electron chi connectivity index (χ2n) is 9.25. The minimum Gasteiger partial charge on any atom is -0.490 e. The molecule has 9 nitrogen and oxygen atoms in total. The number of hydrogen-bond donors (Lipinski definition) is 3. The molecule has 0 aromatic heterocycles. The largest absolute Gasteiger partial charge is 0.490 e. The Bertz CT molecular complexity index is 1070. The number of para-hydroxylation sites is 1. The van der Waals surface area contributed by atoms with E-state index in [1.807, 2.05) is 44.2 Å². The van der Waals surface area contributed by atoms with Gasteiger partial charge >= 0.3 is 6.03 Å². The van der Waals surface area contributed by atoms with Crippen LogP contribution >= 0.6 is 0 Å². The molecule has 0 unspecified atom stereocenters. The van der Waals surface area contributed by atoms with E-state index in [1.54, 1.807) is 30.1 Å². The first-order chi connectivity index (χ1) is 16.8. The van der Waals surface area contributed by atoms with E-state index in [9.17, 15) is 14.4 Å². The fourth-order valence-electron chi connectivity index (χ4n) is 4.47. The third-order valence-electron chi connectivity index (χ3n) is 6.16. The van der Waals surface area contributed by atoms with Gasteiger partial charge in [-0.25, -0.2) is 4.79 Å². The molecule has 35 heavy (non-hydrogen) atoms. The summed E-state index contributed by atoms with van der Waals surface area (Å²) in [5, 5.41) is 8.41. The van der Waals surface area contributed by atoms with E-state index in [0.717, 1.165) is 5.69 Å². The number of hydrogen-bond acceptors (Lipinski definition) is 5. The minimum absolute atomic E-state index is 0.00749. The van der Waals surface area contributed by atoms with E-state index in [2.05, 4.69) is 16.0 Å². The van der Waals surface area contributed by atoms with Crippen LogP contribution in [0, 0.1) is 0 Å². The van der Waals surface area contributed by atoms with Crippen LogP contribution in [0.3, 0.4) is 0 Å². The molecule has 0 saturated carbocycles. The van der Waals surface area contributed by atoms with Crippen LogP contribution in [0.1, 0.15) is 43.5 Å². The Balaban J connectivity index is 1.42. The second-order valence-corrected chi connectivity index (χ2v) is 9.25. The summed E-state index contributed by atoms with van der Waals surface area (Å²) >= 11 is 0. The van der Waals surface area contributed by atoms with Crippen molar-refractivity contribution in [2.75, 3.05) is 24.3 Å². The normalized spacial score (nSPS) is 21.7. The summed E-state index contributed by atoms with van der Waals surface area (Å²) in [6.07, 6.45) is 0.987. The molecule has 0 aliphatic carbocycles. The number of ether oxygens (including phenoxy) is 2. The van der Waals surface area contributed by atoms with Crippen molar-refractivity contribution in [1.29, 1.82) is 0 Å². The molecular weight excluding hydrogens is 448 g/mol. The van der Waals surface area contributed by atoms with Crippen LogP contribution in [0.5, 0.6) is 5.75 Å². The molecule has 9 heteroatoms. The zero-order chi connectivity index (χ0) is 24.9. The Kier molecular flexibility index (Phi) is 7.55. The molecule has 2 aromatic carbocycles. The van der Waals surface area contributed by atoms with Gasteiger partial charge in [0.05, 0.1) is 24.1 Å². The summed E-state index contributed by atoms with van der Waals surface area (Å²) < 4.78 is 12.2. The molecule has 1 fully saturated rings. The van der Waals surface area contributed by atoms with Gasteiger partial charge in [-0.15, -0.1) is 0 Å². The third-order valence-corrected chi connectivity index (χ3v) is 6.16. The maximum absolute atomic E-state index is 13.3. The number of likely N-dealkylation sites (N-methyl/N-ethyl adjacent to an activating group) is 1. The van der Waals surface area contributed by atoms with E-state index in [4.69, 9.17) is 9.47 Å². The molecule has 1 saturated heterocycles. The number of urea groups is 1. The molecule has 186 valence electrons. The van der Waals surface area contributed by atoms with E-state index in [1.165, 1.54) is 0 Å². The zero-order valence-electron chi connectivity index (χ0n) is 20.2. The lowest BCUT2D eigenvalue weighted by atomic mass is 9.94. The standard InChI is InChI=1S/C26H32N4O5/c1-16(2)27-26(33)29-18-9-12-22-20(13-18)25(32)30(3)21-11-10-19(35-23(21)15-34-22)14-24(31)28-17-7-5-4-6-8-17/h4-9,12-13,16,19,21,23H,10-11,14-15H2,1-3H3,(H,28,31)(H2,27,29,33)/t19-,21+,23-/m0/s1. The van der Waals surface area contributed by atoms with Crippen LogP contribution in [0.4, 0.5) is 16.2 Å². The maximum atomic E-state index is 13.3. The molecule has 2 aliphatic heterocycles. The highest BCUT2D eigenvalue weighted by molar-refractivity contribution is 5.99. The minimum atomic E-state index is -0.352. The number of carbonyl (C=O) groups excluding carboxylic acids is 3. The number of amides is 4. The molecular formula is C26H32N4O5. The van der Waals surface area contributed by atoms with Crippen LogP contribution in [0.25, 0.3) is 0 Å². The number of fused-ring (bicyclic) bond motifs is 2. The van der Waals surface area contributed by atoms with E-state index in [0.29, 0.717) is 29.8 Å². The Morgan fingerprint density at radius 3 is 2.57 bits per heavy atom. The van der Waals surface area contributed by atoms with Crippen molar-refractivity contribution in [2.24, 2.45) is 0 Å². The van der Waals surface area contributed by atoms with Gasteiger partial charge < -0.3 is 30.3 Å². The van der Waals surface area contributed by atoms with Crippen molar-refractivity contribution in [3.05, 3.63) is 54.1 Å². The molecule has 3 atom stereocenters. The topological polar surface area (TPSA) is 109 Å². The smallest absolute Gasteiger partial charge is 0.319 e. The fourth-order valence-corrected chi connectivity index (χ4v) is 4.47. The molecule has 2 aromatic rings. The monoisotopic (exact) mass is 480 g/mol. The molecule has 4 amide bonds. The molecule has 0 bridgehead atoms. The van der Waals surface area contributed by atoms with Crippen molar-refractivity contribution in [1.82, 2.24) is 10.2 Å². The number of rotatable bonds is 5. The quantitative estimate of drug-likeness (QED) is 0.606. The highest BCUT2D eigenvalue weighted by atomic mass is 16.5. The number of carbonyl (C=O) groups is 3. The lowest BCUT2D eigenvalue weighted by Gasteiger charge is -2.42. The maximum Gasteiger partial charge on any atom is 0.319 e. The van der Waals surface area contributed by atoms with Crippen molar-refractivity contribution in [2.45, 2.75) is 57.4 Å². The Morgan fingerprint density at radius 2 is 1.83 bits per heavy atom. The van der Waals surface area contributed by atoms with Gasteiger partial charge in [-0.1, -0.05) is 18.2 Å². The highest BCUT2D eigenvalue weighted by Gasteiger charge is 2.39. The Morgan fingerprint density at radius 1 is 1.06 bits per heavy atom.